The van der Waals surface area contributed by atoms with E-state index in [0.717, 1.165) is 56.4 Å². The van der Waals surface area contributed by atoms with Crippen LogP contribution in [0.5, 0.6) is 0 Å². The molecule has 0 saturated carbocycles. The van der Waals surface area contributed by atoms with Gasteiger partial charge in [-0.1, -0.05) is 18.2 Å². The Kier molecular flexibility index (Phi) is 4.89. The second-order valence-electron chi connectivity index (χ2n) is 7.00. The first kappa shape index (κ1) is 17.7. The third-order valence-corrected chi connectivity index (χ3v) is 5.20. The molecular formula is C19H25N7O. The SMILES string of the molecule is CCn1ncnc1CN1CCCC(c2nn(C)c(=O)n2-c2ccccc2)C1. The lowest BCUT2D eigenvalue weighted by Crippen LogP contribution is -2.36. The molecule has 4 rings (SSSR count). The van der Waals surface area contributed by atoms with Crippen LogP contribution in [0.3, 0.4) is 0 Å². The topological polar surface area (TPSA) is 73.8 Å². The van der Waals surface area contributed by atoms with Gasteiger partial charge in [-0.05, 0) is 38.4 Å². The molecule has 1 unspecified atom stereocenters. The molecule has 1 fully saturated rings. The normalized spacial score (nSPS) is 18.1. The highest BCUT2D eigenvalue weighted by Gasteiger charge is 2.28. The van der Waals surface area contributed by atoms with Crippen molar-refractivity contribution in [2.45, 2.75) is 38.8 Å². The second-order valence-corrected chi connectivity index (χ2v) is 7.00. The van der Waals surface area contributed by atoms with Crippen molar-refractivity contribution in [2.75, 3.05) is 13.1 Å². The highest BCUT2D eigenvalue weighted by molar-refractivity contribution is 5.33. The van der Waals surface area contributed by atoms with Crippen LogP contribution in [-0.4, -0.2) is 47.1 Å². The summed E-state index contributed by atoms with van der Waals surface area (Å²) in [4.78, 5) is 19.5. The fourth-order valence-corrected chi connectivity index (χ4v) is 3.85. The minimum Gasteiger partial charge on any atom is -0.295 e. The first-order chi connectivity index (χ1) is 13.2. The number of piperidine rings is 1. The summed E-state index contributed by atoms with van der Waals surface area (Å²) < 4.78 is 5.13. The number of hydrogen-bond donors (Lipinski definition) is 0. The van der Waals surface area contributed by atoms with Crippen molar-refractivity contribution in [3.63, 3.8) is 0 Å². The zero-order valence-corrected chi connectivity index (χ0v) is 15.8. The van der Waals surface area contributed by atoms with Crippen molar-refractivity contribution in [3.05, 3.63) is 58.8 Å². The standard InChI is InChI=1S/C19H25N7O/c1-3-25-17(20-14-21-25)13-24-11-7-8-15(12-24)18-22-23(2)19(27)26(18)16-9-5-4-6-10-16/h4-6,9-10,14-15H,3,7-8,11-13H2,1-2H3. The predicted octanol–water partition coefficient (Wildman–Crippen LogP) is 1.56. The number of aromatic nitrogens is 6. The summed E-state index contributed by atoms with van der Waals surface area (Å²) in [6, 6.07) is 9.76. The predicted molar refractivity (Wildman–Crippen MR) is 102 cm³/mol. The number of nitrogens with zero attached hydrogens (tertiary/aromatic N) is 7. The number of benzene rings is 1. The first-order valence-corrected chi connectivity index (χ1v) is 9.47. The Morgan fingerprint density at radius 1 is 1.22 bits per heavy atom. The van der Waals surface area contributed by atoms with Gasteiger partial charge in [0, 0.05) is 26.1 Å². The Bertz CT molecular complexity index is 956. The van der Waals surface area contributed by atoms with Gasteiger partial charge in [0.15, 0.2) is 0 Å². The molecule has 8 nitrogen and oxygen atoms in total. The number of aryl methyl sites for hydroxylation is 2. The van der Waals surface area contributed by atoms with Gasteiger partial charge in [0.05, 0.1) is 12.2 Å². The molecule has 27 heavy (non-hydrogen) atoms. The first-order valence-electron chi connectivity index (χ1n) is 9.47. The maximum atomic E-state index is 12.7. The van der Waals surface area contributed by atoms with Crippen molar-refractivity contribution >= 4 is 0 Å². The van der Waals surface area contributed by atoms with Gasteiger partial charge in [0.25, 0.3) is 0 Å². The van der Waals surface area contributed by atoms with Gasteiger partial charge in [0.2, 0.25) is 0 Å². The molecule has 1 aliphatic heterocycles. The summed E-state index contributed by atoms with van der Waals surface area (Å²) in [6.45, 7) is 5.55. The molecule has 3 heterocycles. The van der Waals surface area contributed by atoms with Crippen molar-refractivity contribution in [1.29, 1.82) is 0 Å². The smallest absolute Gasteiger partial charge is 0.295 e. The molecule has 142 valence electrons. The van der Waals surface area contributed by atoms with Crippen LogP contribution in [0.15, 0.2) is 41.5 Å². The van der Waals surface area contributed by atoms with Crippen LogP contribution in [0, 0.1) is 0 Å². The van der Waals surface area contributed by atoms with Crippen molar-refractivity contribution in [3.8, 4) is 5.69 Å². The van der Waals surface area contributed by atoms with Crippen LogP contribution >= 0.6 is 0 Å². The van der Waals surface area contributed by atoms with Crippen LogP contribution in [0.2, 0.25) is 0 Å². The molecule has 0 N–H and O–H groups in total. The van der Waals surface area contributed by atoms with Gasteiger partial charge in [-0.15, -0.1) is 0 Å². The summed E-state index contributed by atoms with van der Waals surface area (Å²) in [5.74, 6) is 2.04. The van der Waals surface area contributed by atoms with Crippen molar-refractivity contribution in [1.82, 2.24) is 34.0 Å². The third-order valence-electron chi connectivity index (χ3n) is 5.20. The van der Waals surface area contributed by atoms with E-state index in [4.69, 9.17) is 0 Å². The van der Waals surface area contributed by atoms with E-state index < -0.39 is 0 Å². The van der Waals surface area contributed by atoms with E-state index in [9.17, 15) is 4.79 Å². The summed E-state index contributed by atoms with van der Waals surface area (Å²) in [5, 5.41) is 8.85. The molecule has 8 heteroatoms. The molecule has 2 aromatic heterocycles. The lowest BCUT2D eigenvalue weighted by atomic mass is 9.97. The van der Waals surface area contributed by atoms with Crippen molar-refractivity contribution < 1.29 is 0 Å². The van der Waals surface area contributed by atoms with Gasteiger partial charge in [-0.2, -0.15) is 10.2 Å². The summed E-state index contributed by atoms with van der Waals surface area (Å²) >= 11 is 0. The summed E-state index contributed by atoms with van der Waals surface area (Å²) in [7, 11) is 1.72. The van der Waals surface area contributed by atoms with E-state index >= 15 is 0 Å². The lowest BCUT2D eigenvalue weighted by Gasteiger charge is -2.31. The van der Waals surface area contributed by atoms with Crippen LogP contribution in [-0.2, 0) is 20.1 Å². The number of hydrogen-bond acceptors (Lipinski definition) is 5. The van der Waals surface area contributed by atoms with Gasteiger partial charge in [0.1, 0.15) is 18.0 Å². The Morgan fingerprint density at radius 2 is 2.04 bits per heavy atom. The Hall–Kier alpha value is -2.74. The fraction of sp³-hybridized carbons (Fsp3) is 0.474. The van der Waals surface area contributed by atoms with E-state index in [0.29, 0.717) is 0 Å². The molecule has 0 radical (unpaired) electrons. The molecule has 0 amide bonds. The molecule has 0 aliphatic carbocycles. The van der Waals surface area contributed by atoms with Crippen LogP contribution < -0.4 is 5.69 Å². The number of rotatable bonds is 5. The highest BCUT2D eigenvalue weighted by atomic mass is 16.2. The molecule has 1 aliphatic rings. The Balaban J connectivity index is 1.60. The maximum Gasteiger partial charge on any atom is 0.350 e. The fourth-order valence-electron chi connectivity index (χ4n) is 3.85. The third kappa shape index (κ3) is 3.44. The summed E-state index contributed by atoms with van der Waals surface area (Å²) in [5.41, 5.74) is 0.771. The number of likely N-dealkylation sites (tertiary alicyclic amines) is 1. The van der Waals surface area contributed by atoms with Gasteiger partial charge >= 0.3 is 5.69 Å². The minimum atomic E-state index is -0.0981. The summed E-state index contributed by atoms with van der Waals surface area (Å²) in [6.07, 6.45) is 3.72. The Morgan fingerprint density at radius 3 is 2.81 bits per heavy atom. The van der Waals surface area contributed by atoms with E-state index in [1.54, 1.807) is 17.9 Å². The molecule has 1 aromatic carbocycles. The zero-order valence-electron chi connectivity index (χ0n) is 15.8. The van der Waals surface area contributed by atoms with Crippen LogP contribution in [0.1, 0.15) is 37.3 Å². The maximum absolute atomic E-state index is 12.7. The van der Waals surface area contributed by atoms with Crippen molar-refractivity contribution in [2.24, 2.45) is 7.05 Å². The minimum absolute atomic E-state index is 0.0981. The monoisotopic (exact) mass is 367 g/mol. The van der Waals surface area contributed by atoms with Gasteiger partial charge in [-0.3, -0.25) is 4.90 Å². The van der Waals surface area contributed by atoms with E-state index in [2.05, 4.69) is 27.0 Å². The highest BCUT2D eigenvalue weighted by Crippen LogP contribution is 2.27. The molecule has 0 bridgehead atoms. The molecule has 1 saturated heterocycles. The Labute approximate surface area is 158 Å². The van der Waals surface area contributed by atoms with E-state index in [-0.39, 0.29) is 11.6 Å². The average molecular weight is 367 g/mol. The van der Waals surface area contributed by atoms with E-state index in [1.165, 1.54) is 4.68 Å². The quantitative estimate of drug-likeness (QED) is 0.684. The molecule has 3 aromatic rings. The van der Waals surface area contributed by atoms with Gasteiger partial charge < -0.3 is 0 Å². The van der Waals surface area contributed by atoms with Crippen LogP contribution in [0.4, 0.5) is 0 Å². The largest absolute Gasteiger partial charge is 0.350 e. The van der Waals surface area contributed by atoms with E-state index in [1.807, 2.05) is 35.0 Å². The molecule has 0 spiro atoms. The number of para-hydroxylation sites is 1. The lowest BCUT2D eigenvalue weighted by molar-refractivity contribution is 0.188. The molecule has 1 atom stereocenters. The average Bonchev–Trinajstić information content (AvgIpc) is 3.27. The van der Waals surface area contributed by atoms with Crippen LogP contribution in [0.25, 0.3) is 5.69 Å². The second kappa shape index (κ2) is 7.48. The molecular weight excluding hydrogens is 342 g/mol. The van der Waals surface area contributed by atoms with Gasteiger partial charge in [-0.25, -0.2) is 23.7 Å². The zero-order chi connectivity index (χ0) is 18.8.